The lowest BCUT2D eigenvalue weighted by Gasteiger charge is -2.34. The number of hydrogen-bond donors (Lipinski definition) is 0. The summed E-state index contributed by atoms with van der Waals surface area (Å²) in [5.74, 6) is 0.443. The molecule has 0 saturated carbocycles. The molecule has 0 aliphatic carbocycles. The Bertz CT molecular complexity index is 490. The summed E-state index contributed by atoms with van der Waals surface area (Å²) in [6, 6.07) is 10.5. The van der Waals surface area contributed by atoms with Crippen molar-refractivity contribution in [3.63, 3.8) is 0 Å². The van der Waals surface area contributed by atoms with Gasteiger partial charge in [0.15, 0.2) is 0 Å². The van der Waals surface area contributed by atoms with Gasteiger partial charge in [0.25, 0.3) is 0 Å². The number of hydrogen-bond acceptors (Lipinski definition) is 3. The number of ether oxygens (including phenoxy) is 1. The molecule has 1 saturated heterocycles. The molecule has 1 heterocycles. The van der Waals surface area contributed by atoms with Crippen LogP contribution in [0.1, 0.15) is 45.1 Å². The molecule has 0 spiro atoms. The highest BCUT2D eigenvalue weighted by Gasteiger charge is 2.22. The van der Waals surface area contributed by atoms with Crippen LogP contribution in [-0.2, 0) is 11.3 Å². The molecule has 0 aromatic heterocycles. The quantitative estimate of drug-likeness (QED) is 0.752. The second-order valence-corrected chi connectivity index (χ2v) is 7.30. The minimum atomic E-state index is -0.189. The van der Waals surface area contributed by atoms with E-state index in [1.165, 1.54) is 25.8 Å². The van der Waals surface area contributed by atoms with E-state index in [0.29, 0.717) is 18.6 Å². The Balaban J connectivity index is 1.85. The summed E-state index contributed by atoms with van der Waals surface area (Å²) < 4.78 is 5.53. The summed E-state index contributed by atoms with van der Waals surface area (Å²) in [6.07, 6.45) is 4.68. The molecule has 134 valence electrons. The van der Waals surface area contributed by atoms with Gasteiger partial charge in [-0.15, -0.1) is 0 Å². The van der Waals surface area contributed by atoms with Crippen LogP contribution in [0.4, 0.5) is 4.79 Å². The normalized spacial score (nSPS) is 18.6. The van der Waals surface area contributed by atoms with Gasteiger partial charge in [0.2, 0.25) is 0 Å². The molecule has 24 heavy (non-hydrogen) atoms. The maximum atomic E-state index is 12.5. The zero-order valence-electron chi connectivity index (χ0n) is 15.4. The van der Waals surface area contributed by atoms with E-state index in [-0.39, 0.29) is 6.09 Å². The maximum absolute atomic E-state index is 12.5. The standard InChI is InChI=1S/C20H32N2O2/c1-17(2)15-22(14-12-19-11-7-8-13-21(19)3)20(23)24-16-18-9-5-4-6-10-18/h4-6,9-10,17,19H,7-8,11-16H2,1-3H3. The van der Waals surface area contributed by atoms with E-state index in [1.54, 1.807) is 0 Å². The minimum absolute atomic E-state index is 0.189. The Morgan fingerprint density at radius 1 is 1.29 bits per heavy atom. The molecule has 1 unspecified atom stereocenters. The summed E-state index contributed by atoms with van der Waals surface area (Å²) in [4.78, 5) is 16.8. The van der Waals surface area contributed by atoms with Crippen LogP contribution in [0, 0.1) is 5.92 Å². The van der Waals surface area contributed by atoms with Crippen LogP contribution in [0.15, 0.2) is 30.3 Å². The lowest BCUT2D eigenvalue weighted by Crippen LogP contribution is -2.41. The van der Waals surface area contributed by atoms with Crippen LogP contribution in [0.3, 0.4) is 0 Å². The molecule has 4 nitrogen and oxygen atoms in total. The molecule has 1 amide bonds. The molecule has 0 radical (unpaired) electrons. The third kappa shape index (κ3) is 6.16. The lowest BCUT2D eigenvalue weighted by molar-refractivity contribution is 0.0846. The first-order valence-electron chi connectivity index (χ1n) is 9.22. The number of nitrogens with zero attached hydrogens (tertiary/aromatic N) is 2. The van der Waals surface area contributed by atoms with Crippen molar-refractivity contribution in [2.24, 2.45) is 5.92 Å². The summed E-state index contributed by atoms with van der Waals surface area (Å²) in [5, 5.41) is 0. The summed E-state index contributed by atoms with van der Waals surface area (Å²) in [6.45, 7) is 7.34. The average molecular weight is 332 g/mol. The Morgan fingerprint density at radius 2 is 2.04 bits per heavy atom. The van der Waals surface area contributed by atoms with E-state index >= 15 is 0 Å². The highest BCUT2D eigenvalue weighted by molar-refractivity contribution is 5.67. The second-order valence-electron chi connectivity index (χ2n) is 7.30. The van der Waals surface area contributed by atoms with E-state index in [2.05, 4.69) is 25.8 Å². The third-order valence-corrected chi connectivity index (χ3v) is 4.70. The molecule has 2 rings (SSSR count). The fourth-order valence-corrected chi connectivity index (χ4v) is 3.32. The zero-order chi connectivity index (χ0) is 17.4. The summed E-state index contributed by atoms with van der Waals surface area (Å²) in [7, 11) is 2.20. The van der Waals surface area contributed by atoms with Crippen LogP contribution in [0.5, 0.6) is 0 Å². The van der Waals surface area contributed by atoms with Crippen molar-refractivity contribution in [3.05, 3.63) is 35.9 Å². The lowest BCUT2D eigenvalue weighted by atomic mass is 10.00. The molecule has 0 bridgehead atoms. The van der Waals surface area contributed by atoms with Gasteiger partial charge in [0.05, 0.1) is 0 Å². The number of rotatable bonds is 7. The molecule has 1 aliphatic rings. The smallest absolute Gasteiger partial charge is 0.410 e. The predicted octanol–water partition coefficient (Wildman–Crippen LogP) is 4.16. The Labute approximate surface area is 146 Å². The topological polar surface area (TPSA) is 32.8 Å². The van der Waals surface area contributed by atoms with E-state index in [0.717, 1.165) is 25.1 Å². The van der Waals surface area contributed by atoms with Gasteiger partial charge in [-0.3, -0.25) is 0 Å². The van der Waals surface area contributed by atoms with E-state index in [1.807, 2.05) is 35.2 Å². The minimum Gasteiger partial charge on any atom is -0.445 e. The fraction of sp³-hybridized carbons (Fsp3) is 0.650. The first-order valence-corrected chi connectivity index (χ1v) is 9.22. The monoisotopic (exact) mass is 332 g/mol. The molecular weight excluding hydrogens is 300 g/mol. The van der Waals surface area contributed by atoms with Gasteiger partial charge in [-0.25, -0.2) is 4.79 Å². The molecule has 1 aliphatic heterocycles. The first kappa shape index (κ1) is 18.8. The second kappa shape index (κ2) is 9.67. The van der Waals surface area contributed by atoms with Gasteiger partial charge in [-0.05, 0) is 44.3 Å². The van der Waals surface area contributed by atoms with E-state index < -0.39 is 0 Å². The number of carbonyl (C=O) groups is 1. The van der Waals surface area contributed by atoms with Gasteiger partial charge >= 0.3 is 6.09 Å². The molecule has 4 heteroatoms. The number of amides is 1. The number of benzene rings is 1. The molecule has 1 aromatic carbocycles. The number of likely N-dealkylation sites (tertiary alicyclic amines) is 1. The van der Waals surface area contributed by atoms with Crippen LogP contribution >= 0.6 is 0 Å². The Kier molecular flexibility index (Phi) is 7.57. The van der Waals surface area contributed by atoms with Crippen LogP contribution in [-0.4, -0.2) is 48.6 Å². The molecule has 1 fully saturated rings. The van der Waals surface area contributed by atoms with Crippen molar-refractivity contribution in [2.75, 3.05) is 26.7 Å². The molecule has 0 N–H and O–H groups in total. The Morgan fingerprint density at radius 3 is 2.71 bits per heavy atom. The van der Waals surface area contributed by atoms with Crippen molar-refractivity contribution in [3.8, 4) is 0 Å². The molecular formula is C20H32N2O2. The third-order valence-electron chi connectivity index (χ3n) is 4.70. The van der Waals surface area contributed by atoms with Crippen molar-refractivity contribution < 1.29 is 9.53 Å². The largest absolute Gasteiger partial charge is 0.445 e. The highest BCUT2D eigenvalue weighted by atomic mass is 16.6. The van der Waals surface area contributed by atoms with Crippen molar-refractivity contribution >= 4 is 6.09 Å². The number of piperidine rings is 1. The Hall–Kier alpha value is -1.55. The maximum Gasteiger partial charge on any atom is 0.410 e. The van der Waals surface area contributed by atoms with Crippen LogP contribution in [0.2, 0.25) is 0 Å². The van der Waals surface area contributed by atoms with Crippen molar-refractivity contribution in [1.82, 2.24) is 9.80 Å². The SMILES string of the molecule is CC(C)CN(CCC1CCCCN1C)C(=O)OCc1ccccc1. The summed E-state index contributed by atoms with van der Waals surface area (Å²) >= 11 is 0. The number of carbonyl (C=O) groups excluding carboxylic acids is 1. The predicted molar refractivity (Wildman–Crippen MR) is 97.9 cm³/mol. The van der Waals surface area contributed by atoms with Gasteiger partial charge in [-0.1, -0.05) is 50.6 Å². The van der Waals surface area contributed by atoms with Gasteiger partial charge < -0.3 is 14.5 Å². The van der Waals surface area contributed by atoms with Gasteiger partial charge in [0, 0.05) is 19.1 Å². The average Bonchev–Trinajstić information content (AvgIpc) is 2.58. The first-order chi connectivity index (χ1) is 11.6. The molecule has 1 aromatic rings. The van der Waals surface area contributed by atoms with E-state index in [9.17, 15) is 4.79 Å². The van der Waals surface area contributed by atoms with Crippen molar-refractivity contribution in [2.45, 2.75) is 52.2 Å². The van der Waals surface area contributed by atoms with Crippen LogP contribution in [0.25, 0.3) is 0 Å². The summed E-state index contributed by atoms with van der Waals surface area (Å²) in [5.41, 5.74) is 1.03. The van der Waals surface area contributed by atoms with Gasteiger partial charge in [-0.2, -0.15) is 0 Å². The molecule has 1 atom stereocenters. The van der Waals surface area contributed by atoms with E-state index in [4.69, 9.17) is 4.74 Å². The van der Waals surface area contributed by atoms with Crippen molar-refractivity contribution in [1.29, 1.82) is 0 Å². The fourth-order valence-electron chi connectivity index (χ4n) is 3.32. The zero-order valence-corrected chi connectivity index (χ0v) is 15.4. The van der Waals surface area contributed by atoms with Gasteiger partial charge in [0.1, 0.15) is 6.61 Å². The van der Waals surface area contributed by atoms with Crippen LogP contribution < -0.4 is 0 Å². The highest BCUT2D eigenvalue weighted by Crippen LogP contribution is 2.18.